The average Bonchev–Trinajstić information content (AvgIpc) is 2.93. The summed E-state index contributed by atoms with van der Waals surface area (Å²) < 4.78 is 5.44. The number of amides is 1. The molecular weight excluding hydrogens is 488 g/mol. The summed E-state index contributed by atoms with van der Waals surface area (Å²) in [5.74, 6) is 2.67. The van der Waals surface area contributed by atoms with Gasteiger partial charge in [0.15, 0.2) is 0 Å². The quantitative estimate of drug-likeness (QED) is 0.364. The first-order valence-corrected chi connectivity index (χ1v) is 14.4. The number of nitrogens with one attached hydrogen (secondary N) is 3. The number of piperidine rings is 1. The van der Waals surface area contributed by atoms with E-state index >= 15 is 0 Å². The van der Waals surface area contributed by atoms with Crippen LogP contribution in [0.1, 0.15) is 52.4 Å². The van der Waals surface area contributed by atoms with E-state index in [1.165, 1.54) is 0 Å². The van der Waals surface area contributed by atoms with Gasteiger partial charge >= 0.3 is 0 Å². The van der Waals surface area contributed by atoms with Gasteiger partial charge in [-0.15, -0.1) is 0 Å². The molecule has 0 bridgehead atoms. The molecule has 2 aromatic carbocycles. The second kappa shape index (κ2) is 12.2. The van der Waals surface area contributed by atoms with Crippen LogP contribution in [0.25, 0.3) is 22.0 Å². The highest BCUT2D eigenvalue weighted by molar-refractivity contribution is 5.93. The van der Waals surface area contributed by atoms with Crippen LogP contribution in [0.15, 0.2) is 42.5 Å². The van der Waals surface area contributed by atoms with Gasteiger partial charge in [0, 0.05) is 30.1 Å². The molecule has 2 fully saturated rings. The van der Waals surface area contributed by atoms with Crippen molar-refractivity contribution in [1.29, 1.82) is 0 Å². The Morgan fingerprint density at radius 1 is 1.00 bits per heavy atom. The number of aromatic nitrogens is 2. The first-order valence-electron chi connectivity index (χ1n) is 14.4. The van der Waals surface area contributed by atoms with Crippen LogP contribution in [0.3, 0.4) is 0 Å². The van der Waals surface area contributed by atoms with Gasteiger partial charge in [0.2, 0.25) is 11.9 Å². The summed E-state index contributed by atoms with van der Waals surface area (Å²) in [4.78, 5) is 24.8. The molecule has 2 aliphatic rings. The molecule has 5 rings (SSSR count). The number of benzene rings is 2. The lowest BCUT2D eigenvalue weighted by molar-refractivity contribution is -0.127. The van der Waals surface area contributed by atoms with Gasteiger partial charge in [-0.25, -0.2) is 4.98 Å². The highest BCUT2D eigenvalue weighted by Gasteiger charge is 2.28. The second-order valence-corrected chi connectivity index (χ2v) is 11.5. The van der Waals surface area contributed by atoms with Crippen molar-refractivity contribution in [2.45, 2.75) is 70.5 Å². The molecule has 1 unspecified atom stereocenters. The lowest BCUT2D eigenvalue weighted by Crippen LogP contribution is -2.46. The summed E-state index contributed by atoms with van der Waals surface area (Å²) in [5, 5.41) is 11.5. The largest absolute Gasteiger partial charge is 0.497 e. The summed E-state index contributed by atoms with van der Waals surface area (Å²) in [5.41, 5.74) is 3.09. The van der Waals surface area contributed by atoms with Crippen molar-refractivity contribution in [3.05, 3.63) is 42.5 Å². The monoisotopic (exact) mass is 530 g/mol. The molecule has 1 amide bonds. The standard InChI is InChI=1S/C31H42N6O2/c1-20(2)32-31-35-28-15-10-22(21-7-5-9-26(17-21)39-4)18-27(28)29(36-31)33-24-11-13-25(14-12-24)34-30(38)23-8-6-16-37(3)19-23/h5,7,9-10,15,17-18,20,23-25H,6,8,11-14,16,19H2,1-4H3,(H,34,38)(H2,32,33,35,36). The molecule has 1 saturated heterocycles. The van der Waals surface area contributed by atoms with Crippen molar-refractivity contribution in [3.63, 3.8) is 0 Å². The lowest BCUT2D eigenvalue weighted by atomic mass is 9.90. The predicted molar refractivity (Wildman–Crippen MR) is 158 cm³/mol. The minimum atomic E-state index is 0.123. The Hall–Kier alpha value is -3.39. The summed E-state index contributed by atoms with van der Waals surface area (Å²) in [6, 6.07) is 15.2. The number of methoxy groups -OCH3 is 1. The van der Waals surface area contributed by atoms with E-state index in [9.17, 15) is 4.79 Å². The van der Waals surface area contributed by atoms with Crippen LogP contribution in [0, 0.1) is 5.92 Å². The number of ether oxygens (including phenoxy) is 1. The number of nitrogens with zero attached hydrogens (tertiary/aromatic N) is 3. The van der Waals surface area contributed by atoms with Crippen LogP contribution >= 0.6 is 0 Å². The maximum Gasteiger partial charge on any atom is 0.225 e. The van der Waals surface area contributed by atoms with Gasteiger partial charge in [-0.1, -0.05) is 18.2 Å². The first-order chi connectivity index (χ1) is 18.9. The minimum absolute atomic E-state index is 0.123. The Morgan fingerprint density at radius 3 is 2.51 bits per heavy atom. The van der Waals surface area contributed by atoms with E-state index in [1.807, 2.05) is 18.2 Å². The molecule has 1 aromatic heterocycles. The van der Waals surface area contributed by atoms with Crippen molar-refractivity contribution in [1.82, 2.24) is 20.2 Å². The Kier molecular flexibility index (Phi) is 8.50. The van der Waals surface area contributed by atoms with Crippen LogP contribution in [0.5, 0.6) is 5.75 Å². The molecule has 1 aliphatic heterocycles. The summed E-state index contributed by atoms with van der Waals surface area (Å²) in [7, 11) is 3.79. The van der Waals surface area contributed by atoms with Crippen molar-refractivity contribution in [2.24, 2.45) is 5.92 Å². The third-order valence-electron chi connectivity index (χ3n) is 7.93. The highest BCUT2D eigenvalue weighted by Crippen LogP contribution is 2.32. The van der Waals surface area contributed by atoms with E-state index in [-0.39, 0.29) is 23.9 Å². The van der Waals surface area contributed by atoms with Crippen LogP contribution in [0.4, 0.5) is 11.8 Å². The fraction of sp³-hybridized carbons (Fsp3) is 0.516. The molecule has 3 N–H and O–H groups in total. The van der Waals surface area contributed by atoms with E-state index in [0.29, 0.717) is 12.0 Å². The SMILES string of the molecule is COc1cccc(-c2ccc3nc(NC(C)C)nc(NC4CCC(NC(=O)C5CCCN(C)C5)CC4)c3c2)c1. The van der Waals surface area contributed by atoms with Crippen molar-refractivity contribution in [3.8, 4) is 16.9 Å². The van der Waals surface area contributed by atoms with Crippen LogP contribution in [-0.4, -0.2) is 66.1 Å². The number of likely N-dealkylation sites (tertiary alicyclic amines) is 1. The molecule has 8 nitrogen and oxygen atoms in total. The van der Waals surface area contributed by atoms with Crippen molar-refractivity contribution in [2.75, 3.05) is 37.9 Å². The first kappa shape index (κ1) is 27.2. The zero-order chi connectivity index (χ0) is 27.4. The third-order valence-corrected chi connectivity index (χ3v) is 7.93. The van der Waals surface area contributed by atoms with Gasteiger partial charge in [0.25, 0.3) is 0 Å². The van der Waals surface area contributed by atoms with Gasteiger partial charge < -0.3 is 25.6 Å². The summed E-state index contributed by atoms with van der Waals surface area (Å²) in [6.07, 6.45) is 6.03. The smallest absolute Gasteiger partial charge is 0.225 e. The fourth-order valence-electron chi connectivity index (χ4n) is 5.82. The van der Waals surface area contributed by atoms with E-state index < -0.39 is 0 Å². The molecular formula is C31H42N6O2. The third kappa shape index (κ3) is 6.79. The Bertz CT molecular complexity index is 1290. The zero-order valence-electron chi connectivity index (χ0n) is 23.7. The Labute approximate surface area is 231 Å². The maximum atomic E-state index is 12.9. The molecule has 0 spiro atoms. The summed E-state index contributed by atoms with van der Waals surface area (Å²) in [6.45, 7) is 6.14. The van der Waals surface area contributed by atoms with Crippen LogP contribution in [-0.2, 0) is 4.79 Å². The zero-order valence-corrected chi connectivity index (χ0v) is 23.7. The van der Waals surface area contributed by atoms with Crippen molar-refractivity contribution >= 4 is 28.6 Å². The number of rotatable bonds is 8. The average molecular weight is 531 g/mol. The molecule has 0 radical (unpaired) electrons. The highest BCUT2D eigenvalue weighted by atomic mass is 16.5. The Balaban J connectivity index is 1.31. The Morgan fingerprint density at radius 2 is 1.77 bits per heavy atom. The minimum Gasteiger partial charge on any atom is -0.497 e. The lowest BCUT2D eigenvalue weighted by Gasteiger charge is -2.33. The molecule has 1 saturated carbocycles. The molecule has 1 atom stereocenters. The van der Waals surface area contributed by atoms with Gasteiger partial charge in [0.1, 0.15) is 11.6 Å². The van der Waals surface area contributed by atoms with Gasteiger partial charge in [0.05, 0.1) is 18.5 Å². The van der Waals surface area contributed by atoms with E-state index in [2.05, 4.69) is 66.0 Å². The number of carbonyl (C=O) groups is 1. The topological polar surface area (TPSA) is 91.4 Å². The maximum absolute atomic E-state index is 12.9. The predicted octanol–water partition coefficient (Wildman–Crippen LogP) is 5.31. The van der Waals surface area contributed by atoms with Gasteiger partial charge in [-0.05, 0) is 101 Å². The van der Waals surface area contributed by atoms with E-state index in [0.717, 1.165) is 85.2 Å². The fourth-order valence-corrected chi connectivity index (χ4v) is 5.82. The number of fused-ring (bicyclic) bond motifs is 1. The van der Waals surface area contributed by atoms with E-state index in [1.54, 1.807) is 7.11 Å². The van der Waals surface area contributed by atoms with Crippen molar-refractivity contribution < 1.29 is 9.53 Å². The molecule has 8 heteroatoms. The van der Waals surface area contributed by atoms with Gasteiger partial charge in [-0.2, -0.15) is 4.98 Å². The number of hydrogen-bond donors (Lipinski definition) is 3. The van der Waals surface area contributed by atoms with E-state index in [4.69, 9.17) is 14.7 Å². The molecule has 2 heterocycles. The molecule has 208 valence electrons. The molecule has 3 aromatic rings. The van der Waals surface area contributed by atoms with Crippen LogP contribution in [0.2, 0.25) is 0 Å². The second-order valence-electron chi connectivity index (χ2n) is 11.5. The molecule has 1 aliphatic carbocycles. The summed E-state index contributed by atoms with van der Waals surface area (Å²) >= 11 is 0. The number of carbonyl (C=O) groups excluding carboxylic acids is 1. The normalized spacial score (nSPS) is 22.0. The number of anilines is 2. The van der Waals surface area contributed by atoms with Crippen LogP contribution < -0.4 is 20.7 Å². The number of hydrogen-bond acceptors (Lipinski definition) is 7. The molecule has 39 heavy (non-hydrogen) atoms. The van der Waals surface area contributed by atoms with Gasteiger partial charge in [-0.3, -0.25) is 4.79 Å².